The van der Waals surface area contributed by atoms with Crippen LogP contribution < -0.4 is 5.32 Å². The maximum Gasteiger partial charge on any atom is 0.152 e. The summed E-state index contributed by atoms with van der Waals surface area (Å²) in [6.07, 6.45) is 0.634. The van der Waals surface area contributed by atoms with Crippen molar-refractivity contribution in [2.24, 2.45) is 0 Å². The standard InChI is InChI=1S/C12H18BrN3O2S/c1-12(2,3)11-15-9(13)6-10(16-11)14-8-4-5-19(17,18)7-8/h6,8H,4-5,7H2,1-3H3,(H,14,15,16). The van der Waals surface area contributed by atoms with E-state index in [1.807, 2.05) is 20.8 Å². The molecule has 1 unspecified atom stereocenters. The molecule has 0 aromatic carbocycles. The van der Waals surface area contributed by atoms with Crippen molar-refractivity contribution in [2.75, 3.05) is 16.8 Å². The fraction of sp³-hybridized carbons (Fsp3) is 0.667. The molecule has 5 nitrogen and oxygen atoms in total. The third-order valence-electron chi connectivity index (χ3n) is 2.95. The molecule has 1 aromatic heterocycles. The molecule has 0 spiro atoms. The van der Waals surface area contributed by atoms with Crippen molar-refractivity contribution in [2.45, 2.75) is 38.6 Å². The van der Waals surface area contributed by atoms with E-state index in [9.17, 15) is 8.42 Å². The van der Waals surface area contributed by atoms with E-state index in [1.165, 1.54) is 0 Å². The third-order valence-corrected chi connectivity index (χ3v) is 5.12. The van der Waals surface area contributed by atoms with Crippen molar-refractivity contribution >= 4 is 31.6 Å². The molecule has 0 saturated carbocycles. The van der Waals surface area contributed by atoms with E-state index in [0.29, 0.717) is 16.8 Å². The zero-order valence-corrected chi connectivity index (χ0v) is 13.7. The molecule has 0 radical (unpaired) electrons. The summed E-state index contributed by atoms with van der Waals surface area (Å²) >= 11 is 3.37. The van der Waals surface area contributed by atoms with E-state index in [2.05, 4.69) is 31.2 Å². The molecule has 1 atom stereocenters. The van der Waals surface area contributed by atoms with Gasteiger partial charge in [-0.25, -0.2) is 18.4 Å². The van der Waals surface area contributed by atoms with Gasteiger partial charge in [0.2, 0.25) is 0 Å². The molecule has 1 saturated heterocycles. The molecule has 0 amide bonds. The summed E-state index contributed by atoms with van der Waals surface area (Å²) in [5.41, 5.74) is -0.151. The first-order valence-corrected chi connectivity index (χ1v) is 8.79. The first-order valence-electron chi connectivity index (χ1n) is 6.18. The first kappa shape index (κ1) is 14.7. The van der Waals surface area contributed by atoms with Gasteiger partial charge in [0.05, 0.1) is 11.5 Å². The van der Waals surface area contributed by atoms with Crippen LogP contribution in [0.2, 0.25) is 0 Å². The van der Waals surface area contributed by atoms with Crippen molar-refractivity contribution in [1.29, 1.82) is 0 Å². The van der Waals surface area contributed by atoms with Crippen LogP contribution in [0.1, 0.15) is 33.0 Å². The Kier molecular flexibility index (Phi) is 3.88. The van der Waals surface area contributed by atoms with Crippen LogP contribution in [0, 0.1) is 0 Å². The number of sulfone groups is 1. The molecule has 7 heteroatoms. The Bertz CT molecular complexity index is 581. The molecule has 2 rings (SSSR count). The van der Waals surface area contributed by atoms with Gasteiger partial charge in [-0.15, -0.1) is 0 Å². The van der Waals surface area contributed by atoms with Crippen molar-refractivity contribution in [3.8, 4) is 0 Å². The fourth-order valence-corrected chi connectivity index (χ4v) is 4.00. The number of rotatable bonds is 2. The van der Waals surface area contributed by atoms with Crippen molar-refractivity contribution < 1.29 is 8.42 Å². The number of aromatic nitrogens is 2. The summed E-state index contributed by atoms with van der Waals surface area (Å²) in [6, 6.07) is 1.72. The summed E-state index contributed by atoms with van der Waals surface area (Å²) < 4.78 is 23.6. The summed E-state index contributed by atoms with van der Waals surface area (Å²) in [5, 5.41) is 3.19. The SMILES string of the molecule is CC(C)(C)c1nc(Br)cc(NC2CCS(=O)(=O)C2)n1. The van der Waals surface area contributed by atoms with Gasteiger partial charge in [-0.1, -0.05) is 20.8 Å². The Labute approximate surface area is 122 Å². The average Bonchev–Trinajstić information content (AvgIpc) is 2.55. The van der Waals surface area contributed by atoms with Crippen LogP contribution in [0.15, 0.2) is 10.7 Å². The van der Waals surface area contributed by atoms with Crippen molar-refractivity contribution in [1.82, 2.24) is 9.97 Å². The van der Waals surface area contributed by atoms with Crippen molar-refractivity contribution in [3.05, 3.63) is 16.5 Å². The Hall–Kier alpha value is -0.690. The van der Waals surface area contributed by atoms with Crippen LogP contribution in [0.3, 0.4) is 0 Å². The van der Waals surface area contributed by atoms with Gasteiger partial charge in [0.1, 0.15) is 16.2 Å². The number of anilines is 1. The first-order chi connectivity index (χ1) is 8.66. The summed E-state index contributed by atoms with van der Waals surface area (Å²) in [6.45, 7) is 6.12. The second-order valence-corrected chi connectivity index (χ2v) is 8.94. The second-order valence-electron chi connectivity index (χ2n) is 5.89. The monoisotopic (exact) mass is 347 g/mol. The van der Waals surface area contributed by atoms with Gasteiger partial charge >= 0.3 is 0 Å². The average molecular weight is 348 g/mol. The number of halogens is 1. The van der Waals surface area contributed by atoms with Crippen LogP contribution in [0.5, 0.6) is 0 Å². The van der Waals surface area contributed by atoms with Gasteiger partial charge < -0.3 is 5.32 Å². The largest absolute Gasteiger partial charge is 0.366 e. The third kappa shape index (κ3) is 3.89. The Morgan fingerprint density at radius 2 is 2.05 bits per heavy atom. The lowest BCUT2D eigenvalue weighted by Crippen LogP contribution is -2.23. The zero-order chi connectivity index (χ0) is 14.3. The van der Waals surface area contributed by atoms with E-state index >= 15 is 0 Å². The van der Waals surface area contributed by atoms with E-state index in [1.54, 1.807) is 6.07 Å². The molecule has 0 bridgehead atoms. The van der Waals surface area contributed by atoms with E-state index in [0.717, 1.165) is 5.82 Å². The predicted molar refractivity (Wildman–Crippen MR) is 79.1 cm³/mol. The Balaban J connectivity index is 2.20. The highest BCUT2D eigenvalue weighted by molar-refractivity contribution is 9.10. The molecule has 106 valence electrons. The number of nitrogens with one attached hydrogen (secondary N) is 1. The summed E-state index contributed by atoms with van der Waals surface area (Å²) in [4.78, 5) is 8.82. The number of nitrogens with zero attached hydrogens (tertiary/aromatic N) is 2. The molecule has 1 fully saturated rings. The smallest absolute Gasteiger partial charge is 0.152 e. The maximum atomic E-state index is 11.4. The zero-order valence-electron chi connectivity index (χ0n) is 11.3. The molecule has 1 aromatic rings. The van der Waals surface area contributed by atoms with Crippen LogP contribution in [-0.4, -0.2) is 35.9 Å². The van der Waals surface area contributed by atoms with E-state index in [-0.39, 0.29) is 23.0 Å². The molecule has 0 aliphatic carbocycles. The van der Waals surface area contributed by atoms with Gasteiger partial charge in [0.15, 0.2) is 9.84 Å². The molecular formula is C12H18BrN3O2S. The maximum absolute atomic E-state index is 11.4. The van der Waals surface area contributed by atoms with Gasteiger partial charge in [-0.05, 0) is 22.4 Å². The van der Waals surface area contributed by atoms with Gasteiger partial charge in [-0.2, -0.15) is 0 Å². The lowest BCUT2D eigenvalue weighted by Gasteiger charge is -2.19. The molecule has 1 aliphatic rings. The van der Waals surface area contributed by atoms with E-state index < -0.39 is 9.84 Å². The second kappa shape index (κ2) is 5.01. The normalized spacial score (nSPS) is 22.4. The minimum Gasteiger partial charge on any atom is -0.366 e. The molecule has 1 aliphatic heterocycles. The quantitative estimate of drug-likeness (QED) is 0.829. The van der Waals surface area contributed by atoms with Crippen LogP contribution >= 0.6 is 15.9 Å². The minimum absolute atomic E-state index is 0.0559. The highest BCUT2D eigenvalue weighted by atomic mass is 79.9. The highest BCUT2D eigenvalue weighted by Gasteiger charge is 2.28. The summed E-state index contributed by atoms with van der Waals surface area (Å²) in [5.74, 6) is 1.84. The molecule has 19 heavy (non-hydrogen) atoms. The predicted octanol–water partition coefficient (Wildman–Crippen LogP) is 2.14. The molecule has 1 N–H and O–H groups in total. The van der Waals surface area contributed by atoms with Crippen molar-refractivity contribution in [3.63, 3.8) is 0 Å². The fourth-order valence-electron chi connectivity index (χ4n) is 1.94. The van der Waals surface area contributed by atoms with E-state index in [4.69, 9.17) is 0 Å². The number of hydrogen-bond donors (Lipinski definition) is 1. The van der Waals surface area contributed by atoms with Crippen LogP contribution in [0.4, 0.5) is 5.82 Å². The lowest BCUT2D eigenvalue weighted by atomic mass is 9.96. The van der Waals surface area contributed by atoms with Gasteiger partial charge in [0.25, 0.3) is 0 Å². The van der Waals surface area contributed by atoms with Crippen LogP contribution in [0.25, 0.3) is 0 Å². The number of hydrogen-bond acceptors (Lipinski definition) is 5. The van der Waals surface area contributed by atoms with Crippen LogP contribution in [-0.2, 0) is 15.3 Å². The molecule has 2 heterocycles. The minimum atomic E-state index is -2.88. The summed E-state index contributed by atoms with van der Waals surface area (Å²) in [7, 11) is -2.88. The van der Waals surface area contributed by atoms with Gasteiger partial charge in [0, 0.05) is 17.5 Å². The Morgan fingerprint density at radius 1 is 1.37 bits per heavy atom. The lowest BCUT2D eigenvalue weighted by molar-refractivity contribution is 0.543. The Morgan fingerprint density at radius 3 is 2.58 bits per heavy atom. The highest BCUT2D eigenvalue weighted by Crippen LogP contribution is 2.24. The van der Waals surface area contributed by atoms with Gasteiger partial charge in [-0.3, -0.25) is 0 Å². The topological polar surface area (TPSA) is 72.0 Å². The molecular weight excluding hydrogens is 330 g/mol.